The number of aryl methyl sites for hydroxylation is 1. The predicted molar refractivity (Wildman–Crippen MR) is 141 cm³/mol. The van der Waals surface area contributed by atoms with Crippen molar-refractivity contribution >= 4 is 52.9 Å². The molecule has 0 radical (unpaired) electrons. The number of aliphatic carboxylic acids is 2. The summed E-state index contributed by atoms with van der Waals surface area (Å²) in [5.41, 5.74) is 0.821. The minimum Gasteiger partial charge on any atom is -0.480 e. The van der Waals surface area contributed by atoms with Crippen molar-refractivity contribution in [3.8, 4) is 0 Å². The fourth-order valence-electron chi connectivity index (χ4n) is 4.42. The highest BCUT2D eigenvalue weighted by molar-refractivity contribution is 8.01. The van der Waals surface area contributed by atoms with Crippen molar-refractivity contribution in [2.75, 3.05) is 11.5 Å². The number of nitrogens with zero attached hydrogens (tertiary/aromatic N) is 5. The number of β-lactam (4-membered cyclic amide) rings is 1. The zero-order chi connectivity index (χ0) is 28.7. The van der Waals surface area contributed by atoms with Crippen LogP contribution in [0.15, 0.2) is 57.5 Å². The third kappa shape index (κ3) is 4.96. The molecule has 0 saturated carbocycles. The van der Waals surface area contributed by atoms with E-state index in [9.17, 15) is 34.2 Å². The summed E-state index contributed by atoms with van der Waals surface area (Å²) in [5, 5.41) is 39.7. The third-order valence-corrected chi connectivity index (χ3v) is 8.72. The standard InChI is InChI=1S/C24H22N6O8S2/c1-11-4-2-3-5-13(11)19(33)20(34)25-17-21(35)29-18(23(36)37)12(10-40-22(17)29)9-39-15-7-6-14-26-28(8-16(31)32)24(38)30(14)27-15/h2-7,17,19,22,33H,8-10H2,1H3,(H,25,34)(H,31,32)(H,36,37)/t17?,19?,22-/m0/s1. The van der Waals surface area contributed by atoms with Gasteiger partial charge in [-0.3, -0.25) is 19.3 Å². The molecule has 1 aromatic carbocycles. The van der Waals surface area contributed by atoms with Gasteiger partial charge in [0.15, 0.2) is 11.8 Å². The van der Waals surface area contributed by atoms with Gasteiger partial charge in [0, 0.05) is 11.5 Å². The van der Waals surface area contributed by atoms with E-state index in [1.54, 1.807) is 37.3 Å². The van der Waals surface area contributed by atoms with Crippen LogP contribution >= 0.6 is 23.5 Å². The summed E-state index contributed by atoms with van der Waals surface area (Å²) in [6.07, 6.45) is -1.48. The van der Waals surface area contributed by atoms with Gasteiger partial charge in [0.05, 0.1) is 0 Å². The second-order valence-corrected chi connectivity index (χ2v) is 11.1. The van der Waals surface area contributed by atoms with Gasteiger partial charge in [0.1, 0.15) is 28.7 Å². The molecule has 1 fully saturated rings. The van der Waals surface area contributed by atoms with Gasteiger partial charge in [-0.15, -0.1) is 28.6 Å². The van der Waals surface area contributed by atoms with E-state index in [1.807, 2.05) is 0 Å². The van der Waals surface area contributed by atoms with E-state index in [0.717, 1.165) is 25.9 Å². The molecular weight excluding hydrogens is 564 g/mol. The van der Waals surface area contributed by atoms with Gasteiger partial charge in [-0.25, -0.2) is 9.59 Å². The summed E-state index contributed by atoms with van der Waals surface area (Å²) in [5.74, 6) is -3.48. The molecule has 2 unspecified atom stereocenters. The second kappa shape index (κ2) is 10.8. The minimum absolute atomic E-state index is 0.144. The summed E-state index contributed by atoms with van der Waals surface area (Å²) < 4.78 is 1.73. The molecule has 3 aromatic rings. The Hall–Kier alpha value is -4.15. The zero-order valence-corrected chi connectivity index (χ0v) is 22.4. The van der Waals surface area contributed by atoms with E-state index >= 15 is 0 Å². The molecule has 16 heteroatoms. The Balaban J connectivity index is 1.29. The van der Waals surface area contributed by atoms with Gasteiger partial charge in [-0.2, -0.15) is 14.3 Å². The average Bonchev–Trinajstić information content (AvgIpc) is 3.23. The van der Waals surface area contributed by atoms with Crippen LogP contribution in [-0.4, -0.2) is 86.3 Å². The number of amides is 2. The Morgan fingerprint density at radius 1 is 1.15 bits per heavy atom. The van der Waals surface area contributed by atoms with E-state index in [0.29, 0.717) is 21.7 Å². The van der Waals surface area contributed by atoms with E-state index < -0.39 is 53.5 Å². The average molecular weight is 587 g/mol. The van der Waals surface area contributed by atoms with Crippen LogP contribution in [-0.2, 0) is 25.7 Å². The quantitative estimate of drug-likeness (QED) is 0.191. The molecule has 2 aliphatic rings. The second-order valence-electron chi connectivity index (χ2n) is 8.98. The van der Waals surface area contributed by atoms with Gasteiger partial charge in [0.2, 0.25) is 0 Å². The molecule has 208 valence electrons. The number of aliphatic hydroxyl groups is 1. The highest BCUT2D eigenvalue weighted by atomic mass is 32.2. The van der Waals surface area contributed by atoms with Gasteiger partial charge in [0.25, 0.3) is 11.8 Å². The lowest BCUT2D eigenvalue weighted by Crippen LogP contribution is -2.70. The summed E-state index contributed by atoms with van der Waals surface area (Å²) in [7, 11) is 0. The number of aromatic nitrogens is 4. The first kappa shape index (κ1) is 27.4. The van der Waals surface area contributed by atoms with Gasteiger partial charge < -0.3 is 20.6 Å². The van der Waals surface area contributed by atoms with Crippen molar-refractivity contribution in [2.45, 2.75) is 36.0 Å². The van der Waals surface area contributed by atoms with Crippen molar-refractivity contribution in [1.29, 1.82) is 0 Å². The topological polar surface area (TPSA) is 196 Å². The Kier molecular flexibility index (Phi) is 7.39. The number of hydrogen-bond acceptors (Lipinski definition) is 10. The number of rotatable bonds is 9. The van der Waals surface area contributed by atoms with Crippen LogP contribution in [0.5, 0.6) is 0 Å². The molecule has 4 heterocycles. The molecule has 2 aromatic heterocycles. The number of carboxylic acid groups (broad SMARTS) is 2. The lowest BCUT2D eigenvalue weighted by molar-refractivity contribution is -0.151. The number of nitrogens with one attached hydrogen (secondary N) is 1. The fourth-order valence-corrected chi connectivity index (χ4v) is 6.76. The van der Waals surface area contributed by atoms with E-state index in [-0.39, 0.29) is 22.8 Å². The SMILES string of the molecule is Cc1ccccc1C(O)C(=O)NC1C(=O)N2C(C(=O)O)=C(CSc3ccc4nn(CC(=O)O)c(=O)n4n3)CS[C@@H]12. The first-order valence-electron chi connectivity index (χ1n) is 11.8. The molecular formula is C24H22N6O8S2. The number of aliphatic hydroxyl groups excluding tert-OH is 1. The number of benzene rings is 1. The lowest BCUT2D eigenvalue weighted by Gasteiger charge is -2.49. The maximum absolute atomic E-state index is 13.0. The summed E-state index contributed by atoms with van der Waals surface area (Å²) in [6, 6.07) is 8.90. The molecule has 0 spiro atoms. The van der Waals surface area contributed by atoms with Crippen molar-refractivity contribution in [3.05, 3.63) is 69.3 Å². The maximum Gasteiger partial charge on any atom is 0.367 e. The molecule has 4 N–H and O–H groups in total. The molecule has 40 heavy (non-hydrogen) atoms. The molecule has 5 rings (SSSR count). The van der Waals surface area contributed by atoms with Crippen LogP contribution in [0.25, 0.3) is 5.65 Å². The highest BCUT2D eigenvalue weighted by Crippen LogP contribution is 2.41. The number of hydrogen-bond donors (Lipinski definition) is 4. The zero-order valence-electron chi connectivity index (χ0n) is 20.8. The molecule has 0 aliphatic carbocycles. The normalized spacial score (nSPS) is 19.2. The molecule has 2 amide bonds. The number of thioether (sulfide) groups is 2. The van der Waals surface area contributed by atoms with E-state index in [1.165, 1.54) is 17.8 Å². The van der Waals surface area contributed by atoms with Gasteiger partial charge >= 0.3 is 17.6 Å². The van der Waals surface area contributed by atoms with Crippen molar-refractivity contribution < 1.29 is 34.5 Å². The molecule has 1 saturated heterocycles. The van der Waals surface area contributed by atoms with Crippen LogP contribution in [0.3, 0.4) is 0 Å². The van der Waals surface area contributed by atoms with E-state index in [2.05, 4.69) is 15.5 Å². The number of carbonyl (C=O) groups is 4. The van der Waals surface area contributed by atoms with Crippen molar-refractivity contribution in [1.82, 2.24) is 29.6 Å². The van der Waals surface area contributed by atoms with Crippen LogP contribution in [0, 0.1) is 6.92 Å². The van der Waals surface area contributed by atoms with Crippen LogP contribution in [0.1, 0.15) is 17.2 Å². The van der Waals surface area contributed by atoms with Crippen LogP contribution in [0.4, 0.5) is 0 Å². The monoisotopic (exact) mass is 586 g/mol. The number of fused-ring (bicyclic) bond motifs is 2. The maximum atomic E-state index is 13.0. The van der Waals surface area contributed by atoms with Gasteiger partial charge in [-0.1, -0.05) is 24.3 Å². The van der Waals surface area contributed by atoms with E-state index in [4.69, 9.17) is 5.11 Å². The van der Waals surface area contributed by atoms with Crippen molar-refractivity contribution in [2.24, 2.45) is 0 Å². The van der Waals surface area contributed by atoms with Gasteiger partial charge in [-0.05, 0) is 35.8 Å². The number of carbonyl (C=O) groups excluding carboxylic acids is 2. The minimum atomic E-state index is -1.48. The Morgan fingerprint density at radius 3 is 2.60 bits per heavy atom. The molecule has 14 nitrogen and oxygen atoms in total. The first-order chi connectivity index (χ1) is 19.1. The Bertz CT molecular complexity index is 1650. The molecule has 0 bridgehead atoms. The van der Waals surface area contributed by atoms with Crippen LogP contribution in [0.2, 0.25) is 0 Å². The third-order valence-electron chi connectivity index (χ3n) is 6.37. The Labute approximate surface area is 233 Å². The Morgan fingerprint density at radius 2 is 1.90 bits per heavy atom. The summed E-state index contributed by atoms with van der Waals surface area (Å²) >= 11 is 2.42. The largest absolute Gasteiger partial charge is 0.480 e. The summed E-state index contributed by atoms with van der Waals surface area (Å²) in [4.78, 5) is 62.3. The predicted octanol–water partition coefficient (Wildman–Crippen LogP) is -0.152. The molecule has 2 aliphatic heterocycles. The smallest absolute Gasteiger partial charge is 0.367 e. The van der Waals surface area contributed by atoms with Crippen molar-refractivity contribution in [3.63, 3.8) is 0 Å². The van der Waals surface area contributed by atoms with Crippen LogP contribution < -0.4 is 11.0 Å². The first-order valence-corrected chi connectivity index (χ1v) is 13.9. The molecule has 3 atom stereocenters. The number of carboxylic acids is 2. The fraction of sp³-hybridized carbons (Fsp3) is 0.292. The highest BCUT2D eigenvalue weighted by Gasteiger charge is 2.54. The summed E-state index contributed by atoms with van der Waals surface area (Å²) in [6.45, 7) is 1.13. The lowest BCUT2D eigenvalue weighted by atomic mass is 10.0.